The second-order valence-electron chi connectivity index (χ2n) is 1.70. The first-order valence-electron chi connectivity index (χ1n) is 2.72. The molecule has 0 aromatic heterocycles. The van der Waals surface area contributed by atoms with E-state index in [0.717, 1.165) is 0 Å². The highest BCUT2D eigenvalue weighted by atomic mass is 33.1. The maximum atomic E-state index is 10.2. The zero-order valence-electron chi connectivity index (χ0n) is 5.84. The van der Waals surface area contributed by atoms with Gasteiger partial charge in [0.25, 0.3) is 11.8 Å². The van der Waals surface area contributed by atoms with E-state index in [4.69, 9.17) is 10.2 Å². The van der Waals surface area contributed by atoms with Crippen LogP contribution < -0.4 is 11.5 Å². The van der Waals surface area contributed by atoms with E-state index in [1.807, 2.05) is 0 Å². The molecule has 12 heavy (non-hydrogen) atoms. The molecule has 6 nitrogen and oxygen atoms in total. The van der Waals surface area contributed by atoms with Crippen molar-refractivity contribution < 1.29 is 19.8 Å². The fourth-order valence-electron chi connectivity index (χ4n) is 0.200. The number of carbonyl (C=O) groups is 2. The molecule has 0 radical (unpaired) electrons. The molecule has 0 aromatic carbocycles. The van der Waals surface area contributed by atoms with Crippen LogP contribution in [0.15, 0.2) is 0 Å². The van der Waals surface area contributed by atoms with Gasteiger partial charge in [-0.2, -0.15) is 0 Å². The molecule has 0 saturated carbocycles. The highest BCUT2D eigenvalue weighted by Crippen LogP contribution is 2.28. The molecule has 2 amide bonds. The van der Waals surface area contributed by atoms with Gasteiger partial charge in [-0.1, -0.05) is 0 Å². The molecule has 6 N–H and O–H groups in total. The molecule has 0 aliphatic carbocycles. The Balaban J connectivity index is 3.68. The number of primary amides is 2. The smallest absolute Gasteiger partial charge is 0.257 e. The molecular weight excluding hydrogens is 204 g/mol. The minimum Gasteiger partial charge on any atom is -0.373 e. The van der Waals surface area contributed by atoms with Gasteiger partial charge < -0.3 is 21.7 Å². The molecule has 0 aliphatic heterocycles. The summed E-state index contributed by atoms with van der Waals surface area (Å²) in [6.45, 7) is 0. The van der Waals surface area contributed by atoms with Gasteiger partial charge in [0.05, 0.1) is 0 Å². The maximum absolute atomic E-state index is 10.2. The van der Waals surface area contributed by atoms with Crippen LogP contribution in [0, 0.1) is 0 Å². The van der Waals surface area contributed by atoms with E-state index in [1.54, 1.807) is 0 Å². The standard InChI is InChI=1S/C4H8N2O4S2/c5-1(7)3(9)11-12-4(10)2(6)8/h3-4,9-10H,(H2,5,7)(H2,6,8). The largest absolute Gasteiger partial charge is 0.373 e. The number of hydrogen-bond acceptors (Lipinski definition) is 6. The summed E-state index contributed by atoms with van der Waals surface area (Å²) in [5.74, 6) is -1.88. The van der Waals surface area contributed by atoms with Crippen molar-refractivity contribution in [3.05, 3.63) is 0 Å². The number of amides is 2. The van der Waals surface area contributed by atoms with Gasteiger partial charge in [-0.25, -0.2) is 0 Å². The summed E-state index contributed by atoms with van der Waals surface area (Å²) >= 11 is 0. The molecule has 2 atom stereocenters. The third kappa shape index (κ3) is 4.44. The minimum atomic E-state index is -1.45. The lowest BCUT2D eigenvalue weighted by Crippen LogP contribution is -2.27. The Morgan fingerprint density at radius 1 is 1.00 bits per heavy atom. The highest BCUT2D eigenvalue weighted by molar-refractivity contribution is 8.77. The van der Waals surface area contributed by atoms with E-state index >= 15 is 0 Å². The van der Waals surface area contributed by atoms with Crippen molar-refractivity contribution in [2.45, 2.75) is 10.9 Å². The van der Waals surface area contributed by atoms with Crippen LogP contribution in [0.5, 0.6) is 0 Å². The van der Waals surface area contributed by atoms with Gasteiger partial charge in [0, 0.05) is 0 Å². The van der Waals surface area contributed by atoms with Crippen LogP contribution in [0.4, 0.5) is 0 Å². The first kappa shape index (κ1) is 11.6. The average molecular weight is 212 g/mol. The third-order valence-electron chi connectivity index (χ3n) is 0.725. The molecule has 0 bridgehead atoms. The van der Waals surface area contributed by atoms with Gasteiger partial charge in [0.15, 0.2) is 10.9 Å². The highest BCUT2D eigenvalue weighted by Gasteiger charge is 2.17. The van der Waals surface area contributed by atoms with Crippen molar-refractivity contribution in [3.8, 4) is 0 Å². The van der Waals surface area contributed by atoms with Gasteiger partial charge in [0.2, 0.25) is 0 Å². The maximum Gasteiger partial charge on any atom is 0.257 e. The quantitative estimate of drug-likeness (QED) is 0.307. The van der Waals surface area contributed by atoms with Crippen LogP contribution in [-0.2, 0) is 9.59 Å². The molecule has 2 unspecified atom stereocenters. The van der Waals surface area contributed by atoms with Crippen molar-refractivity contribution in [2.24, 2.45) is 11.5 Å². The molecular formula is C4H8N2O4S2. The lowest BCUT2D eigenvalue weighted by Gasteiger charge is -2.07. The SMILES string of the molecule is NC(=O)C(O)SSC(O)C(N)=O. The molecule has 0 aliphatic rings. The van der Waals surface area contributed by atoms with Crippen LogP contribution in [0.25, 0.3) is 0 Å². The summed E-state index contributed by atoms with van der Waals surface area (Å²) in [6.07, 6.45) is 0. The van der Waals surface area contributed by atoms with Crippen molar-refractivity contribution >= 4 is 33.4 Å². The van der Waals surface area contributed by atoms with Crippen LogP contribution in [0.1, 0.15) is 0 Å². The predicted molar refractivity (Wildman–Crippen MR) is 45.6 cm³/mol. The Bertz CT molecular complexity index is 168. The molecule has 0 saturated heterocycles. The Hall–Kier alpha value is -0.440. The van der Waals surface area contributed by atoms with E-state index in [9.17, 15) is 9.59 Å². The van der Waals surface area contributed by atoms with E-state index in [-0.39, 0.29) is 0 Å². The molecule has 0 aromatic rings. The van der Waals surface area contributed by atoms with Crippen LogP contribution in [-0.4, -0.2) is 32.9 Å². The summed E-state index contributed by atoms with van der Waals surface area (Å²) in [4.78, 5) is 20.4. The van der Waals surface area contributed by atoms with E-state index in [2.05, 4.69) is 11.5 Å². The number of nitrogens with two attached hydrogens (primary N) is 2. The van der Waals surface area contributed by atoms with Crippen molar-refractivity contribution in [1.82, 2.24) is 0 Å². The number of hydrogen-bond donors (Lipinski definition) is 4. The summed E-state index contributed by atoms with van der Waals surface area (Å²) in [7, 11) is 1.14. The molecule has 0 heterocycles. The zero-order chi connectivity index (χ0) is 9.72. The summed E-state index contributed by atoms with van der Waals surface area (Å²) in [5, 5.41) is 17.5. The normalized spacial score (nSPS) is 15.2. The summed E-state index contributed by atoms with van der Waals surface area (Å²) in [6, 6.07) is 0. The fourth-order valence-corrected chi connectivity index (χ4v) is 1.80. The number of rotatable bonds is 5. The van der Waals surface area contributed by atoms with Gasteiger partial charge >= 0.3 is 0 Å². The third-order valence-corrected chi connectivity index (χ3v) is 3.09. The molecule has 0 spiro atoms. The van der Waals surface area contributed by atoms with Crippen LogP contribution in [0.3, 0.4) is 0 Å². The average Bonchev–Trinajstić information content (AvgIpc) is 1.98. The summed E-state index contributed by atoms with van der Waals surface area (Å²) in [5.41, 5.74) is 6.45. The minimum absolute atomic E-state index is 0.568. The van der Waals surface area contributed by atoms with Gasteiger partial charge in [-0.05, 0) is 21.6 Å². The van der Waals surface area contributed by atoms with Crippen molar-refractivity contribution in [1.29, 1.82) is 0 Å². The molecule has 0 rings (SSSR count). The second kappa shape index (κ2) is 5.25. The fraction of sp³-hybridized carbons (Fsp3) is 0.500. The molecule has 70 valence electrons. The topological polar surface area (TPSA) is 127 Å². The number of carbonyl (C=O) groups excluding carboxylic acids is 2. The first-order chi connectivity index (χ1) is 5.45. The lowest BCUT2D eigenvalue weighted by atomic mass is 10.7. The molecule has 8 heteroatoms. The Labute approximate surface area is 76.1 Å². The summed E-state index contributed by atoms with van der Waals surface area (Å²) < 4.78 is 0. The Kier molecular flexibility index (Phi) is 5.06. The molecule has 0 fully saturated rings. The Morgan fingerprint density at radius 2 is 1.25 bits per heavy atom. The first-order valence-corrected chi connectivity index (χ1v) is 4.99. The van der Waals surface area contributed by atoms with E-state index < -0.39 is 22.7 Å². The van der Waals surface area contributed by atoms with Crippen molar-refractivity contribution in [3.63, 3.8) is 0 Å². The van der Waals surface area contributed by atoms with E-state index in [0.29, 0.717) is 21.6 Å². The zero-order valence-corrected chi connectivity index (χ0v) is 7.47. The van der Waals surface area contributed by atoms with Crippen LogP contribution >= 0.6 is 21.6 Å². The van der Waals surface area contributed by atoms with Gasteiger partial charge in [0.1, 0.15) is 0 Å². The van der Waals surface area contributed by atoms with Crippen molar-refractivity contribution in [2.75, 3.05) is 0 Å². The van der Waals surface area contributed by atoms with Gasteiger partial charge in [-0.15, -0.1) is 0 Å². The number of aliphatic hydroxyl groups is 2. The van der Waals surface area contributed by atoms with Gasteiger partial charge in [-0.3, -0.25) is 9.59 Å². The second-order valence-corrected chi connectivity index (χ2v) is 4.13. The Morgan fingerprint density at radius 3 is 1.42 bits per heavy atom. The number of aliphatic hydroxyl groups excluding tert-OH is 2. The van der Waals surface area contributed by atoms with E-state index in [1.165, 1.54) is 0 Å². The van der Waals surface area contributed by atoms with Crippen LogP contribution in [0.2, 0.25) is 0 Å². The predicted octanol–water partition coefficient (Wildman–Crippen LogP) is -2.02. The monoisotopic (exact) mass is 212 g/mol. The lowest BCUT2D eigenvalue weighted by molar-refractivity contribution is -0.122.